The molecule has 1 aromatic carbocycles. The highest BCUT2D eigenvalue weighted by Gasteiger charge is 2.24. The minimum absolute atomic E-state index is 0.444. The standard InChI is InChI=1S/C15H17BrN2/c1-18-8-7-12-9-14(16)17-15(12)13(10-18)11-5-3-2-4-6-11/h2-6,9,13,17H,7-8,10H2,1H3. The van der Waals surface area contributed by atoms with Crippen LogP contribution >= 0.6 is 15.9 Å². The van der Waals surface area contributed by atoms with Gasteiger partial charge in [-0.15, -0.1) is 0 Å². The Morgan fingerprint density at radius 3 is 2.83 bits per heavy atom. The van der Waals surface area contributed by atoms with Gasteiger partial charge >= 0.3 is 0 Å². The third kappa shape index (κ3) is 2.25. The molecule has 1 atom stereocenters. The lowest BCUT2D eigenvalue weighted by atomic mass is 9.93. The lowest BCUT2D eigenvalue weighted by Gasteiger charge is -2.20. The van der Waals surface area contributed by atoms with Crippen molar-refractivity contribution in [3.63, 3.8) is 0 Å². The maximum atomic E-state index is 3.56. The second-order valence-electron chi connectivity index (χ2n) is 5.03. The highest BCUT2D eigenvalue weighted by molar-refractivity contribution is 9.10. The van der Waals surface area contributed by atoms with Gasteiger partial charge < -0.3 is 9.88 Å². The molecular weight excluding hydrogens is 288 g/mol. The Morgan fingerprint density at radius 2 is 2.06 bits per heavy atom. The maximum absolute atomic E-state index is 3.56. The van der Waals surface area contributed by atoms with Crippen molar-refractivity contribution in [3.05, 3.63) is 57.8 Å². The van der Waals surface area contributed by atoms with Crippen LogP contribution in [0.4, 0.5) is 0 Å². The first kappa shape index (κ1) is 12.0. The number of nitrogens with zero attached hydrogens (tertiary/aromatic N) is 1. The minimum atomic E-state index is 0.444. The summed E-state index contributed by atoms with van der Waals surface area (Å²) >= 11 is 3.56. The van der Waals surface area contributed by atoms with E-state index in [0.717, 1.165) is 24.1 Å². The first-order chi connectivity index (χ1) is 8.74. The number of aromatic amines is 1. The van der Waals surface area contributed by atoms with Crippen molar-refractivity contribution in [3.8, 4) is 0 Å². The first-order valence-corrected chi connectivity index (χ1v) is 7.14. The van der Waals surface area contributed by atoms with E-state index in [1.165, 1.54) is 16.8 Å². The SMILES string of the molecule is CN1CCc2cc(Br)[nH]c2C(c2ccccc2)C1. The van der Waals surface area contributed by atoms with Crippen molar-refractivity contribution in [2.24, 2.45) is 0 Å². The fourth-order valence-electron chi connectivity index (χ4n) is 2.76. The van der Waals surface area contributed by atoms with E-state index in [9.17, 15) is 0 Å². The Balaban J connectivity index is 2.06. The number of fused-ring (bicyclic) bond motifs is 1. The number of benzene rings is 1. The molecule has 0 saturated heterocycles. The van der Waals surface area contributed by atoms with Crippen LogP contribution in [0.25, 0.3) is 0 Å². The molecule has 94 valence electrons. The van der Waals surface area contributed by atoms with Gasteiger partial charge in [0.2, 0.25) is 0 Å². The van der Waals surface area contributed by atoms with Crippen LogP contribution in [0.3, 0.4) is 0 Å². The zero-order chi connectivity index (χ0) is 12.5. The van der Waals surface area contributed by atoms with Gasteiger partial charge in [-0.25, -0.2) is 0 Å². The number of likely N-dealkylation sites (N-methyl/N-ethyl adjacent to an activating group) is 1. The second kappa shape index (κ2) is 4.90. The van der Waals surface area contributed by atoms with Gasteiger partial charge in [0.25, 0.3) is 0 Å². The van der Waals surface area contributed by atoms with Crippen LogP contribution in [-0.4, -0.2) is 30.0 Å². The predicted molar refractivity (Wildman–Crippen MR) is 78.0 cm³/mol. The molecule has 0 fully saturated rings. The summed E-state index contributed by atoms with van der Waals surface area (Å²) in [6.45, 7) is 2.20. The number of hydrogen-bond donors (Lipinski definition) is 1. The summed E-state index contributed by atoms with van der Waals surface area (Å²) in [6.07, 6.45) is 1.12. The van der Waals surface area contributed by atoms with Crippen molar-refractivity contribution in [1.29, 1.82) is 0 Å². The van der Waals surface area contributed by atoms with Crippen LogP contribution < -0.4 is 0 Å². The monoisotopic (exact) mass is 304 g/mol. The fourth-order valence-corrected chi connectivity index (χ4v) is 3.25. The van der Waals surface area contributed by atoms with Gasteiger partial charge in [-0.3, -0.25) is 0 Å². The molecule has 1 aliphatic rings. The summed E-state index contributed by atoms with van der Waals surface area (Å²) in [7, 11) is 2.21. The summed E-state index contributed by atoms with van der Waals surface area (Å²) in [4.78, 5) is 5.91. The molecule has 0 radical (unpaired) electrons. The van der Waals surface area contributed by atoms with Crippen molar-refractivity contribution >= 4 is 15.9 Å². The van der Waals surface area contributed by atoms with Crippen LogP contribution in [0.15, 0.2) is 41.0 Å². The third-order valence-corrected chi connectivity index (χ3v) is 4.14. The Labute approximate surface area is 116 Å². The first-order valence-electron chi connectivity index (χ1n) is 6.35. The van der Waals surface area contributed by atoms with E-state index in [4.69, 9.17) is 0 Å². The smallest absolute Gasteiger partial charge is 0.0825 e. The number of aromatic nitrogens is 1. The van der Waals surface area contributed by atoms with Gasteiger partial charge in [-0.05, 0) is 46.6 Å². The highest BCUT2D eigenvalue weighted by Crippen LogP contribution is 2.32. The number of hydrogen-bond acceptors (Lipinski definition) is 1. The normalized spacial score (nSPS) is 20.4. The average molecular weight is 305 g/mol. The quantitative estimate of drug-likeness (QED) is 0.855. The van der Waals surface area contributed by atoms with Gasteiger partial charge in [0.15, 0.2) is 0 Å². The molecule has 0 amide bonds. The summed E-state index contributed by atoms with van der Waals surface area (Å²) in [5, 5.41) is 0. The molecule has 1 N–H and O–H groups in total. The van der Waals surface area contributed by atoms with E-state index in [-0.39, 0.29) is 0 Å². The molecule has 0 bridgehead atoms. The molecule has 1 aromatic heterocycles. The highest BCUT2D eigenvalue weighted by atomic mass is 79.9. The predicted octanol–water partition coefficient (Wildman–Crippen LogP) is 3.40. The Bertz CT molecular complexity index is 533. The molecule has 3 rings (SSSR count). The van der Waals surface area contributed by atoms with E-state index in [1.54, 1.807) is 0 Å². The molecule has 1 aliphatic heterocycles. The van der Waals surface area contributed by atoms with Gasteiger partial charge in [0, 0.05) is 24.7 Å². The van der Waals surface area contributed by atoms with Gasteiger partial charge in [0.05, 0.1) is 4.60 Å². The number of halogens is 1. The summed E-state index contributed by atoms with van der Waals surface area (Å²) in [5.74, 6) is 0.444. The van der Waals surface area contributed by atoms with Crippen molar-refractivity contribution < 1.29 is 0 Å². The van der Waals surface area contributed by atoms with Crippen molar-refractivity contribution in [2.45, 2.75) is 12.3 Å². The number of rotatable bonds is 1. The average Bonchev–Trinajstić information content (AvgIpc) is 2.68. The van der Waals surface area contributed by atoms with E-state index in [0.29, 0.717) is 5.92 Å². The van der Waals surface area contributed by atoms with Crippen molar-refractivity contribution in [2.75, 3.05) is 20.1 Å². The molecule has 18 heavy (non-hydrogen) atoms. The molecule has 0 aliphatic carbocycles. The molecule has 1 unspecified atom stereocenters. The van der Waals surface area contributed by atoms with Gasteiger partial charge in [-0.1, -0.05) is 30.3 Å². The van der Waals surface area contributed by atoms with Crippen molar-refractivity contribution in [1.82, 2.24) is 9.88 Å². The van der Waals surface area contributed by atoms with E-state index in [1.807, 2.05) is 0 Å². The molecule has 2 nitrogen and oxygen atoms in total. The Hall–Kier alpha value is -1.06. The van der Waals surface area contributed by atoms with Crippen LogP contribution in [0.1, 0.15) is 22.7 Å². The third-order valence-electron chi connectivity index (χ3n) is 3.71. The van der Waals surface area contributed by atoms with E-state index >= 15 is 0 Å². The van der Waals surface area contributed by atoms with Gasteiger partial charge in [-0.2, -0.15) is 0 Å². The largest absolute Gasteiger partial charge is 0.352 e. The zero-order valence-electron chi connectivity index (χ0n) is 10.5. The lowest BCUT2D eigenvalue weighted by molar-refractivity contribution is 0.336. The van der Waals surface area contributed by atoms with Crippen LogP contribution in [0.5, 0.6) is 0 Å². The number of H-pyrrole nitrogens is 1. The lowest BCUT2D eigenvalue weighted by Crippen LogP contribution is -2.24. The minimum Gasteiger partial charge on any atom is -0.352 e. The molecule has 2 aromatic rings. The molecule has 0 spiro atoms. The summed E-state index contributed by atoms with van der Waals surface area (Å²) in [5.41, 5.74) is 4.21. The molecule has 3 heteroatoms. The van der Waals surface area contributed by atoms with E-state index < -0.39 is 0 Å². The molecule has 0 saturated carbocycles. The number of nitrogens with one attached hydrogen (secondary N) is 1. The second-order valence-corrected chi connectivity index (χ2v) is 5.89. The van der Waals surface area contributed by atoms with Crippen LogP contribution in [-0.2, 0) is 6.42 Å². The van der Waals surface area contributed by atoms with E-state index in [2.05, 4.69) is 69.3 Å². The fraction of sp³-hybridized carbons (Fsp3) is 0.333. The zero-order valence-corrected chi connectivity index (χ0v) is 12.1. The van der Waals surface area contributed by atoms with Crippen LogP contribution in [0, 0.1) is 0 Å². The molecule has 2 heterocycles. The van der Waals surface area contributed by atoms with Gasteiger partial charge in [0.1, 0.15) is 0 Å². The molecular formula is C15H17BrN2. The summed E-state index contributed by atoms with van der Waals surface area (Å²) < 4.78 is 1.10. The summed E-state index contributed by atoms with van der Waals surface area (Å²) in [6, 6.07) is 13.0. The topological polar surface area (TPSA) is 19.0 Å². The Kier molecular flexibility index (Phi) is 3.27. The maximum Gasteiger partial charge on any atom is 0.0825 e. The van der Waals surface area contributed by atoms with Crippen LogP contribution in [0.2, 0.25) is 0 Å². The Morgan fingerprint density at radius 1 is 1.28 bits per heavy atom.